The van der Waals surface area contributed by atoms with Crippen molar-refractivity contribution in [3.63, 3.8) is 0 Å². The Morgan fingerprint density at radius 3 is 2.83 bits per heavy atom. The van der Waals surface area contributed by atoms with E-state index < -0.39 is 6.17 Å². The first kappa shape index (κ1) is 19.9. The van der Waals surface area contributed by atoms with Crippen LogP contribution in [0.15, 0.2) is 34.7 Å². The van der Waals surface area contributed by atoms with Gasteiger partial charge >= 0.3 is 0 Å². The van der Waals surface area contributed by atoms with E-state index in [1.54, 1.807) is 17.4 Å². The van der Waals surface area contributed by atoms with E-state index >= 15 is 0 Å². The zero-order chi connectivity index (χ0) is 21.0. The van der Waals surface area contributed by atoms with Gasteiger partial charge in [-0.3, -0.25) is 9.69 Å². The summed E-state index contributed by atoms with van der Waals surface area (Å²) in [6.07, 6.45) is 0.468. The molecule has 8 heteroatoms. The van der Waals surface area contributed by atoms with Crippen LogP contribution in [-0.2, 0) is 13.0 Å². The Labute approximate surface area is 189 Å². The van der Waals surface area contributed by atoms with Gasteiger partial charge in [0.15, 0.2) is 6.17 Å². The van der Waals surface area contributed by atoms with E-state index in [1.165, 1.54) is 10.4 Å². The van der Waals surface area contributed by atoms with E-state index in [1.807, 2.05) is 24.3 Å². The van der Waals surface area contributed by atoms with Gasteiger partial charge in [0.05, 0.1) is 15.6 Å². The number of carbonyl (C=O) groups excluding carboxylic acids is 1. The lowest BCUT2D eigenvalue weighted by Crippen LogP contribution is -2.39. The molecule has 0 saturated carbocycles. The second-order valence-corrected chi connectivity index (χ2v) is 9.77. The van der Waals surface area contributed by atoms with Crippen LogP contribution in [0.25, 0.3) is 11.3 Å². The van der Waals surface area contributed by atoms with Crippen molar-refractivity contribution in [2.24, 2.45) is 0 Å². The molecule has 1 unspecified atom stereocenters. The van der Waals surface area contributed by atoms with Crippen LogP contribution in [-0.4, -0.2) is 23.4 Å². The van der Waals surface area contributed by atoms with Gasteiger partial charge in [0, 0.05) is 29.6 Å². The third kappa shape index (κ3) is 3.32. The van der Waals surface area contributed by atoms with E-state index in [-0.39, 0.29) is 5.91 Å². The van der Waals surface area contributed by atoms with E-state index in [4.69, 9.17) is 27.6 Å². The average Bonchev–Trinajstić information content (AvgIpc) is 3.34. The molecule has 2 aromatic heterocycles. The van der Waals surface area contributed by atoms with Gasteiger partial charge in [-0.1, -0.05) is 29.3 Å². The minimum Gasteiger partial charge on any atom is -0.457 e. The fraction of sp³-hybridized carbons (Fsp3) is 0.318. The van der Waals surface area contributed by atoms with Crippen molar-refractivity contribution in [1.82, 2.24) is 10.2 Å². The molecule has 30 heavy (non-hydrogen) atoms. The molecule has 2 N–H and O–H groups in total. The first-order valence-electron chi connectivity index (χ1n) is 9.92. The smallest absolute Gasteiger partial charge is 0.256 e. The minimum absolute atomic E-state index is 0.0528. The SMILES string of the molecule is CC(C)N1CCc2c(sc3c2C(=O)NC(c2ccc(-c4cccc(Cl)c4Cl)o2)N3)C1. The molecule has 0 fully saturated rings. The van der Waals surface area contributed by atoms with Gasteiger partial charge in [0.25, 0.3) is 5.91 Å². The van der Waals surface area contributed by atoms with Crippen molar-refractivity contribution in [1.29, 1.82) is 0 Å². The molecular formula is C22H21Cl2N3O2S. The second-order valence-electron chi connectivity index (χ2n) is 7.88. The number of halogens is 2. The topological polar surface area (TPSA) is 57.5 Å². The molecule has 0 saturated heterocycles. The van der Waals surface area contributed by atoms with Crippen LogP contribution in [0.1, 0.15) is 46.6 Å². The van der Waals surface area contributed by atoms with Gasteiger partial charge in [-0.25, -0.2) is 0 Å². The number of nitrogens with zero attached hydrogens (tertiary/aromatic N) is 1. The van der Waals surface area contributed by atoms with Gasteiger partial charge in [0.1, 0.15) is 16.5 Å². The first-order chi connectivity index (χ1) is 14.4. The summed E-state index contributed by atoms with van der Waals surface area (Å²) in [7, 11) is 0. The molecule has 5 rings (SSSR count). The second kappa shape index (κ2) is 7.61. The quantitative estimate of drug-likeness (QED) is 0.506. The molecule has 0 radical (unpaired) electrons. The highest BCUT2D eigenvalue weighted by atomic mass is 35.5. The fourth-order valence-corrected chi connectivity index (χ4v) is 5.76. The summed E-state index contributed by atoms with van der Waals surface area (Å²) in [5.41, 5.74) is 2.69. The lowest BCUT2D eigenvalue weighted by Gasteiger charge is -2.30. The number of hydrogen-bond acceptors (Lipinski definition) is 5. The van der Waals surface area contributed by atoms with E-state index in [0.29, 0.717) is 27.6 Å². The van der Waals surface area contributed by atoms with Crippen LogP contribution < -0.4 is 10.6 Å². The highest BCUT2D eigenvalue weighted by Gasteiger charge is 2.34. The third-order valence-electron chi connectivity index (χ3n) is 5.72. The Morgan fingerprint density at radius 1 is 1.20 bits per heavy atom. The zero-order valence-corrected chi connectivity index (χ0v) is 18.9. The Hall–Kier alpha value is -1.99. The molecule has 1 atom stereocenters. The number of hydrogen-bond donors (Lipinski definition) is 2. The zero-order valence-electron chi connectivity index (χ0n) is 16.6. The van der Waals surface area contributed by atoms with Crippen LogP contribution in [0.4, 0.5) is 5.00 Å². The van der Waals surface area contributed by atoms with E-state index in [2.05, 4.69) is 29.4 Å². The normalized spacial score (nSPS) is 18.7. The maximum Gasteiger partial charge on any atom is 0.256 e. The molecule has 0 aliphatic carbocycles. The number of fused-ring (bicyclic) bond motifs is 3. The summed E-state index contributed by atoms with van der Waals surface area (Å²) >= 11 is 14.1. The molecule has 5 nitrogen and oxygen atoms in total. The van der Waals surface area contributed by atoms with E-state index in [9.17, 15) is 4.79 Å². The number of thiophene rings is 1. The summed E-state index contributed by atoms with van der Waals surface area (Å²) < 4.78 is 6.04. The molecule has 0 spiro atoms. The predicted molar refractivity (Wildman–Crippen MR) is 122 cm³/mol. The first-order valence-corrected chi connectivity index (χ1v) is 11.5. The van der Waals surface area contributed by atoms with Crippen molar-refractivity contribution in [2.75, 3.05) is 11.9 Å². The van der Waals surface area contributed by atoms with Crippen LogP contribution >= 0.6 is 34.5 Å². The Kier molecular flexibility index (Phi) is 5.06. The molecule has 0 bridgehead atoms. The summed E-state index contributed by atoms with van der Waals surface area (Å²) in [5, 5.41) is 8.33. The number of furan rings is 1. The van der Waals surface area contributed by atoms with Crippen molar-refractivity contribution in [3.8, 4) is 11.3 Å². The maximum absolute atomic E-state index is 13.0. The lowest BCUT2D eigenvalue weighted by molar-refractivity contribution is 0.0930. The van der Waals surface area contributed by atoms with Crippen LogP contribution in [0.2, 0.25) is 10.0 Å². The average molecular weight is 462 g/mol. The van der Waals surface area contributed by atoms with Crippen LogP contribution in [0.5, 0.6) is 0 Å². The number of rotatable bonds is 3. The van der Waals surface area contributed by atoms with Crippen molar-refractivity contribution in [3.05, 3.63) is 62.1 Å². The number of carbonyl (C=O) groups is 1. The van der Waals surface area contributed by atoms with E-state index in [0.717, 1.165) is 35.6 Å². The van der Waals surface area contributed by atoms with Crippen molar-refractivity contribution >= 4 is 45.4 Å². The largest absolute Gasteiger partial charge is 0.457 e. The van der Waals surface area contributed by atoms with Gasteiger partial charge in [0.2, 0.25) is 0 Å². The van der Waals surface area contributed by atoms with Crippen LogP contribution in [0, 0.1) is 0 Å². The monoisotopic (exact) mass is 461 g/mol. The summed E-state index contributed by atoms with van der Waals surface area (Å²) in [5.74, 6) is 1.18. The van der Waals surface area contributed by atoms with Gasteiger partial charge in [-0.15, -0.1) is 11.3 Å². The van der Waals surface area contributed by atoms with Gasteiger partial charge < -0.3 is 15.1 Å². The molecule has 2 aliphatic heterocycles. The lowest BCUT2D eigenvalue weighted by atomic mass is 10.0. The highest BCUT2D eigenvalue weighted by molar-refractivity contribution is 7.16. The number of anilines is 1. The number of benzene rings is 1. The van der Waals surface area contributed by atoms with Crippen molar-refractivity contribution < 1.29 is 9.21 Å². The molecule has 1 amide bonds. The summed E-state index contributed by atoms with van der Waals surface area (Å²) in [4.78, 5) is 16.7. The molecule has 4 heterocycles. The third-order valence-corrected chi connectivity index (χ3v) is 7.69. The molecule has 2 aliphatic rings. The Bertz CT molecular complexity index is 1140. The molecule has 3 aromatic rings. The van der Waals surface area contributed by atoms with Crippen molar-refractivity contribution in [2.45, 2.75) is 39.0 Å². The Morgan fingerprint density at radius 2 is 2.03 bits per heavy atom. The van der Waals surface area contributed by atoms with Crippen LogP contribution in [0.3, 0.4) is 0 Å². The molecule has 156 valence electrons. The summed E-state index contributed by atoms with van der Waals surface area (Å²) in [6, 6.07) is 9.61. The maximum atomic E-state index is 13.0. The van der Waals surface area contributed by atoms with Gasteiger partial charge in [-0.2, -0.15) is 0 Å². The molecule has 1 aromatic carbocycles. The number of nitrogens with one attached hydrogen (secondary N) is 2. The Balaban J connectivity index is 1.43. The fourth-order valence-electron chi connectivity index (χ4n) is 4.07. The molecular weight excluding hydrogens is 441 g/mol. The minimum atomic E-state index is -0.432. The van der Waals surface area contributed by atoms with Gasteiger partial charge in [-0.05, 0) is 50.1 Å². The predicted octanol–water partition coefficient (Wildman–Crippen LogP) is 5.94. The number of amides is 1. The standard InChI is InChI=1S/C22H21Cl2N3O2S/c1-11(2)27-9-8-13-17(10-27)30-22-18(13)21(28)25-20(26-22)16-7-6-15(29-16)12-4-3-5-14(23)19(12)24/h3-7,11,20,26H,8-10H2,1-2H3,(H,25,28). The highest BCUT2D eigenvalue weighted by Crippen LogP contribution is 2.42. The summed E-state index contributed by atoms with van der Waals surface area (Å²) in [6.45, 7) is 6.29.